The zero-order valence-corrected chi connectivity index (χ0v) is 7.63. The fraction of sp³-hybridized carbons (Fsp3) is 0.125. The monoisotopic (exact) mass is 216 g/mol. The lowest BCUT2D eigenvalue weighted by Gasteiger charge is -1.96. The minimum atomic E-state index is -1.70. The van der Waals surface area contributed by atoms with Gasteiger partial charge in [0, 0.05) is 12.2 Å². The van der Waals surface area contributed by atoms with Crippen LogP contribution >= 0.6 is 0 Å². The van der Waals surface area contributed by atoms with Gasteiger partial charge in [0.05, 0.1) is 12.7 Å². The molecule has 0 aliphatic heterocycles. The summed E-state index contributed by atoms with van der Waals surface area (Å²) in [5, 5.41) is 25.5. The van der Waals surface area contributed by atoms with E-state index in [0.717, 1.165) is 7.11 Å². The van der Waals surface area contributed by atoms with Gasteiger partial charge in [0.2, 0.25) is 5.76 Å². The SMILES string of the molecule is COC(=O)C=C(C=C(O)C(=O)O)C(=O)O. The minimum absolute atomic E-state index is 0.432. The molecule has 0 aromatic rings. The molecule has 0 aromatic heterocycles. The Kier molecular flexibility index (Phi) is 4.59. The number of aliphatic carboxylic acids is 2. The van der Waals surface area contributed by atoms with E-state index in [4.69, 9.17) is 15.3 Å². The van der Waals surface area contributed by atoms with Gasteiger partial charge in [0.25, 0.3) is 0 Å². The van der Waals surface area contributed by atoms with Crippen LogP contribution in [-0.2, 0) is 19.1 Å². The normalized spacial score (nSPS) is 12.1. The smallest absolute Gasteiger partial charge is 0.370 e. The number of carbonyl (C=O) groups excluding carboxylic acids is 1. The second kappa shape index (κ2) is 5.43. The van der Waals surface area contributed by atoms with Crippen LogP contribution in [0.15, 0.2) is 23.5 Å². The molecule has 0 aliphatic rings. The second-order valence-electron chi connectivity index (χ2n) is 2.26. The van der Waals surface area contributed by atoms with E-state index in [-0.39, 0.29) is 0 Å². The van der Waals surface area contributed by atoms with Gasteiger partial charge in [-0.3, -0.25) is 0 Å². The highest BCUT2D eigenvalue weighted by molar-refractivity contribution is 5.99. The summed E-state index contributed by atoms with van der Waals surface area (Å²) in [6, 6.07) is 0. The van der Waals surface area contributed by atoms with E-state index in [1.807, 2.05) is 0 Å². The van der Waals surface area contributed by atoms with Crippen LogP contribution < -0.4 is 0 Å². The number of hydrogen-bond acceptors (Lipinski definition) is 5. The molecular formula is C8H8O7. The highest BCUT2D eigenvalue weighted by Gasteiger charge is 2.12. The molecule has 0 aliphatic carbocycles. The zero-order valence-electron chi connectivity index (χ0n) is 7.63. The topological polar surface area (TPSA) is 121 Å². The number of carboxylic acid groups (broad SMARTS) is 2. The number of carboxylic acids is 2. The molecule has 0 spiro atoms. The number of esters is 1. The van der Waals surface area contributed by atoms with Crippen molar-refractivity contribution in [3.05, 3.63) is 23.5 Å². The predicted molar refractivity (Wildman–Crippen MR) is 46.1 cm³/mol. The van der Waals surface area contributed by atoms with Crippen molar-refractivity contribution in [2.75, 3.05) is 7.11 Å². The van der Waals surface area contributed by atoms with Gasteiger partial charge in [0.1, 0.15) is 0 Å². The van der Waals surface area contributed by atoms with E-state index in [1.165, 1.54) is 0 Å². The summed E-state index contributed by atoms with van der Waals surface area (Å²) in [6.07, 6.45) is 0.975. The van der Waals surface area contributed by atoms with Crippen LogP contribution in [0.2, 0.25) is 0 Å². The van der Waals surface area contributed by atoms with Crippen molar-refractivity contribution in [3.63, 3.8) is 0 Å². The van der Waals surface area contributed by atoms with E-state index >= 15 is 0 Å². The Bertz CT molecular complexity index is 350. The predicted octanol–water partition coefficient (Wildman–Crippen LogP) is -0.303. The van der Waals surface area contributed by atoms with Gasteiger partial charge in [-0.05, 0) is 0 Å². The Hall–Kier alpha value is -2.31. The molecule has 0 saturated carbocycles. The number of carbonyl (C=O) groups is 3. The molecule has 0 atom stereocenters. The van der Waals surface area contributed by atoms with Gasteiger partial charge < -0.3 is 20.1 Å². The number of hydrogen-bond donors (Lipinski definition) is 3. The third kappa shape index (κ3) is 4.46. The number of aliphatic hydroxyl groups is 1. The molecule has 82 valence electrons. The lowest BCUT2D eigenvalue weighted by Crippen LogP contribution is -2.07. The lowest BCUT2D eigenvalue weighted by atomic mass is 10.2. The highest BCUT2D eigenvalue weighted by atomic mass is 16.5. The summed E-state index contributed by atoms with van der Waals surface area (Å²) in [5.41, 5.74) is -0.693. The summed E-state index contributed by atoms with van der Waals surface area (Å²) < 4.78 is 4.14. The van der Waals surface area contributed by atoms with Gasteiger partial charge in [0.15, 0.2) is 0 Å². The minimum Gasteiger partial charge on any atom is -0.502 e. The maximum atomic E-state index is 10.7. The van der Waals surface area contributed by atoms with Crippen molar-refractivity contribution in [1.29, 1.82) is 0 Å². The number of rotatable bonds is 4. The van der Waals surface area contributed by atoms with Crippen LogP contribution in [0, 0.1) is 0 Å². The Morgan fingerprint density at radius 3 is 1.87 bits per heavy atom. The largest absolute Gasteiger partial charge is 0.502 e. The van der Waals surface area contributed by atoms with E-state index in [9.17, 15) is 14.4 Å². The Balaban J connectivity index is 5.09. The third-order valence-corrected chi connectivity index (χ3v) is 1.23. The fourth-order valence-electron chi connectivity index (χ4n) is 0.560. The van der Waals surface area contributed by atoms with Gasteiger partial charge in [-0.15, -0.1) is 0 Å². The van der Waals surface area contributed by atoms with Crippen LogP contribution in [-0.4, -0.2) is 40.3 Å². The van der Waals surface area contributed by atoms with Crippen LogP contribution in [0.5, 0.6) is 0 Å². The summed E-state index contributed by atoms with van der Waals surface area (Å²) in [5.74, 6) is -5.42. The Morgan fingerprint density at radius 2 is 1.53 bits per heavy atom. The Morgan fingerprint density at radius 1 is 1.00 bits per heavy atom. The molecular weight excluding hydrogens is 208 g/mol. The molecule has 15 heavy (non-hydrogen) atoms. The summed E-state index contributed by atoms with van der Waals surface area (Å²) in [4.78, 5) is 31.3. The molecule has 0 fully saturated rings. The molecule has 0 rings (SSSR count). The molecule has 0 heterocycles. The highest BCUT2D eigenvalue weighted by Crippen LogP contribution is 2.02. The molecule has 3 N–H and O–H groups in total. The van der Waals surface area contributed by atoms with Crippen molar-refractivity contribution < 1.29 is 34.4 Å². The fourth-order valence-corrected chi connectivity index (χ4v) is 0.560. The lowest BCUT2D eigenvalue weighted by molar-refractivity contribution is -0.137. The molecule has 0 unspecified atom stereocenters. The van der Waals surface area contributed by atoms with Crippen molar-refractivity contribution >= 4 is 17.9 Å². The first-order chi connectivity index (χ1) is 6.88. The average molecular weight is 216 g/mol. The maximum Gasteiger partial charge on any atom is 0.370 e. The first kappa shape index (κ1) is 12.7. The van der Waals surface area contributed by atoms with Gasteiger partial charge in [-0.1, -0.05) is 0 Å². The summed E-state index contributed by atoms with van der Waals surface area (Å²) in [7, 11) is 1.03. The van der Waals surface area contributed by atoms with Crippen LogP contribution in [0.3, 0.4) is 0 Å². The van der Waals surface area contributed by atoms with Crippen molar-refractivity contribution in [2.24, 2.45) is 0 Å². The number of methoxy groups -OCH3 is 1. The van der Waals surface area contributed by atoms with Crippen molar-refractivity contribution in [3.8, 4) is 0 Å². The maximum absolute atomic E-state index is 10.7. The summed E-state index contributed by atoms with van der Waals surface area (Å²) >= 11 is 0. The first-order valence-electron chi connectivity index (χ1n) is 3.55. The second-order valence-corrected chi connectivity index (χ2v) is 2.26. The molecule has 0 saturated heterocycles. The van der Waals surface area contributed by atoms with Crippen LogP contribution in [0.1, 0.15) is 0 Å². The van der Waals surface area contributed by atoms with E-state index in [2.05, 4.69) is 4.74 Å². The van der Waals surface area contributed by atoms with E-state index in [1.54, 1.807) is 0 Å². The quantitative estimate of drug-likeness (QED) is 0.255. The number of aliphatic hydroxyl groups excluding tert-OH is 1. The molecule has 0 radical (unpaired) electrons. The van der Waals surface area contributed by atoms with Gasteiger partial charge in [-0.2, -0.15) is 0 Å². The standard InChI is InChI=1S/C8H8O7/c1-15-6(10)3-4(7(11)12)2-5(9)8(13)14/h2-3,9H,1H3,(H,11,12)(H,13,14). The average Bonchev–Trinajstić information content (AvgIpc) is 2.15. The summed E-state index contributed by atoms with van der Waals surface area (Å²) in [6.45, 7) is 0. The van der Waals surface area contributed by atoms with Crippen LogP contribution in [0.4, 0.5) is 0 Å². The van der Waals surface area contributed by atoms with Gasteiger partial charge in [-0.25, -0.2) is 14.4 Å². The van der Waals surface area contributed by atoms with E-state index < -0.39 is 29.2 Å². The van der Waals surface area contributed by atoms with Crippen molar-refractivity contribution in [1.82, 2.24) is 0 Å². The molecule has 7 nitrogen and oxygen atoms in total. The molecule has 0 bridgehead atoms. The van der Waals surface area contributed by atoms with E-state index in [0.29, 0.717) is 12.2 Å². The third-order valence-electron chi connectivity index (χ3n) is 1.23. The molecule has 7 heteroatoms. The van der Waals surface area contributed by atoms with Crippen LogP contribution in [0.25, 0.3) is 0 Å². The van der Waals surface area contributed by atoms with Crippen molar-refractivity contribution in [2.45, 2.75) is 0 Å². The zero-order chi connectivity index (χ0) is 12.0. The number of ether oxygens (including phenoxy) is 1. The molecule has 0 aromatic carbocycles. The first-order valence-corrected chi connectivity index (χ1v) is 3.55. The molecule has 0 amide bonds. The van der Waals surface area contributed by atoms with Gasteiger partial charge >= 0.3 is 17.9 Å². The Labute approximate surface area is 83.9 Å².